The Labute approximate surface area is 102 Å². The summed E-state index contributed by atoms with van der Waals surface area (Å²) in [6, 6.07) is 6.17. The van der Waals surface area contributed by atoms with E-state index >= 15 is 0 Å². The van der Waals surface area contributed by atoms with Crippen LogP contribution in [-0.2, 0) is 4.74 Å². The number of rotatable bonds is 1. The fourth-order valence-corrected chi connectivity index (χ4v) is 2.99. The second kappa shape index (κ2) is 4.72. The van der Waals surface area contributed by atoms with Crippen molar-refractivity contribution in [3.05, 3.63) is 30.1 Å². The maximum Gasteiger partial charge on any atom is 0.0973 e. The van der Waals surface area contributed by atoms with Crippen LogP contribution in [0.15, 0.2) is 24.4 Å². The Balaban J connectivity index is 1.89. The number of ether oxygens (including phenoxy) is 1. The first-order chi connectivity index (χ1) is 8.41. The summed E-state index contributed by atoms with van der Waals surface area (Å²) in [6.07, 6.45) is 4.05. The molecule has 92 valence electrons. The first-order valence-electron chi connectivity index (χ1n) is 6.37. The van der Waals surface area contributed by atoms with Crippen LogP contribution in [-0.4, -0.2) is 37.0 Å². The zero-order valence-electron chi connectivity index (χ0n) is 9.98. The van der Waals surface area contributed by atoms with Gasteiger partial charge in [-0.3, -0.25) is 10.3 Å². The van der Waals surface area contributed by atoms with Crippen LogP contribution in [0.25, 0.3) is 0 Å². The van der Waals surface area contributed by atoms with Gasteiger partial charge in [0.25, 0.3) is 0 Å². The van der Waals surface area contributed by atoms with Gasteiger partial charge in [-0.05, 0) is 31.5 Å². The highest BCUT2D eigenvalue weighted by atomic mass is 16.5. The Morgan fingerprint density at radius 1 is 1.29 bits per heavy atom. The van der Waals surface area contributed by atoms with E-state index in [0.717, 1.165) is 32.5 Å². The van der Waals surface area contributed by atoms with Gasteiger partial charge in [-0.1, -0.05) is 6.07 Å². The summed E-state index contributed by atoms with van der Waals surface area (Å²) in [6.45, 7) is 3.69. The van der Waals surface area contributed by atoms with E-state index in [4.69, 9.17) is 4.74 Å². The second-order valence-corrected chi connectivity index (χ2v) is 4.88. The summed E-state index contributed by atoms with van der Waals surface area (Å²) in [7, 11) is 0. The molecule has 2 aliphatic rings. The number of hydrogen-bond acceptors (Lipinski definition) is 4. The van der Waals surface area contributed by atoms with Crippen LogP contribution >= 0.6 is 0 Å². The number of nitrogens with one attached hydrogen (secondary N) is 2. The van der Waals surface area contributed by atoms with Gasteiger partial charge in [0.2, 0.25) is 0 Å². The highest BCUT2D eigenvalue weighted by Crippen LogP contribution is 2.38. The maximum atomic E-state index is 6.06. The lowest BCUT2D eigenvalue weighted by molar-refractivity contribution is -0.110. The third-order valence-corrected chi connectivity index (χ3v) is 3.90. The lowest BCUT2D eigenvalue weighted by atomic mass is 9.77. The molecule has 4 heteroatoms. The van der Waals surface area contributed by atoms with E-state index in [9.17, 15) is 0 Å². The minimum Gasteiger partial charge on any atom is -0.358 e. The Bertz CT molecular complexity index is 354. The predicted molar refractivity (Wildman–Crippen MR) is 65.8 cm³/mol. The molecule has 1 aromatic rings. The zero-order chi connectivity index (χ0) is 11.6. The summed E-state index contributed by atoms with van der Waals surface area (Å²) in [5.41, 5.74) is 1.12. The maximum absolute atomic E-state index is 6.06. The molecule has 2 saturated heterocycles. The monoisotopic (exact) mass is 233 g/mol. The Hall–Kier alpha value is -0.970. The van der Waals surface area contributed by atoms with Crippen molar-refractivity contribution in [2.45, 2.75) is 24.4 Å². The lowest BCUT2D eigenvalue weighted by Gasteiger charge is -2.46. The van der Waals surface area contributed by atoms with E-state index in [0.29, 0.717) is 12.6 Å². The first kappa shape index (κ1) is 11.1. The van der Waals surface area contributed by atoms with Crippen molar-refractivity contribution in [3.63, 3.8) is 0 Å². The van der Waals surface area contributed by atoms with Gasteiger partial charge in [-0.15, -0.1) is 0 Å². The summed E-state index contributed by atoms with van der Waals surface area (Å²) in [5, 5.41) is 6.72. The van der Waals surface area contributed by atoms with E-state index in [-0.39, 0.29) is 5.60 Å². The van der Waals surface area contributed by atoms with Crippen molar-refractivity contribution in [2.75, 3.05) is 26.4 Å². The van der Waals surface area contributed by atoms with E-state index in [1.165, 1.54) is 5.69 Å². The van der Waals surface area contributed by atoms with Crippen molar-refractivity contribution in [3.8, 4) is 0 Å². The minimum absolute atomic E-state index is 0.0577. The lowest BCUT2D eigenvalue weighted by Crippen LogP contribution is -2.57. The Morgan fingerprint density at radius 3 is 3.06 bits per heavy atom. The molecule has 17 heavy (non-hydrogen) atoms. The highest BCUT2D eigenvalue weighted by Gasteiger charge is 2.44. The molecular weight excluding hydrogens is 214 g/mol. The highest BCUT2D eigenvalue weighted by molar-refractivity contribution is 5.17. The normalized spacial score (nSPS) is 33.8. The molecule has 3 heterocycles. The standard InChI is InChI=1S/C13H19N3O/c1-2-6-16-12(3-1)11-4-7-14-9-13(11)5-8-15-10-17-13/h1-3,6,11,14-15H,4-5,7-10H2. The fourth-order valence-electron chi connectivity index (χ4n) is 2.99. The number of pyridine rings is 1. The second-order valence-electron chi connectivity index (χ2n) is 4.88. The van der Waals surface area contributed by atoms with Gasteiger partial charge in [0.15, 0.2) is 0 Å². The average Bonchev–Trinajstić information content (AvgIpc) is 2.41. The van der Waals surface area contributed by atoms with Gasteiger partial charge in [-0.25, -0.2) is 0 Å². The van der Waals surface area contributed by atoms with Gasteiger partial charge in [0, 0.05) is 30.9 Å². The zero-order valence-corrected chi connectivity index (χ0v) is 9.98. The van der Waals surface area contributed by atoms with E-state index < -0.39 is 0 Å². The molecule has 0 amide bonds. The van der Waals surface area contributed by atoms with Crippen LogP contribution in [0.3, 0.4) is 0 Å². The summed E-state index contributed by atoms with van der Waals surface area (Å²) >= 11 is 0. The Kier molecular flexibility index (Phi) is 3.09. The minimum atomic E-state index is -0.0577. The molecule has 2 aliphatic heterocycles. The quantitative estimate of drug-likeness (QED) is 0.755. The van der Waals surface area contributed by atoms with E-state index in [1.807, 2.05) is 12.3 Å². The van der Waals surface area contributed by atoms with Crippen molar-refractivity contribution >= 4 is 0 Å². The fraction of sp³-hybridized carbons (Fsp3) is 0.615. The molecular formula is C13H19N3O. The third kappa shape index (κ3) is 2.08. The van der Waals surface area contributed by atoms with E-state index in [1.54, 1.807) is 0 Å². The summed E-state index contributed by atoms with van der Waals surface area (Å²) in [5.74, 6) is 0.423. The molecule has 2 unspecified atom stereocenters. The van der Waals surface area contributed by atoms with Gasteiger partial charge in [0.1, 0.15) is 0 Å². The number of aromatic nitrogens is 1. The molecule has 0 saturated carbocycles. The first-order valence-corrected chi connectivity index (χ1v) is 6.37. The number of nitrogens with zero attached hydrogens (tertiary/aromatic N) is 1. The van der Waals surface area contributed by atoms with Crippen molar-refractivity contribution in [1.82, 2.24) is 15.6 Å². The van der Waals surface area contributed by atoms with Crippen LogP contribution in [0, 0.1) is 0 Å². The molecule has 0 aliphatic carbocycles. The molecule has 2 fully saturated rings. The van der Waals surface area contributed by atoms with Crippen molar-refractivity contribution < 1.29 is 4.74 Å². The molecule has 0 bridgehead atoms. The topological polar surface area (TPSA) is 46.2 Å². The average molecular weight is 233 g/mol. The SMILES string of the molecule is c1ccc(C2CCNCC23CCNCO3)nc1. The predicted octanol–water partition coefficient (Wildman–Crippen LogP) is 0.865. The van der Waals surface area contributed by atoms with Gasteiger partial charge in [0.05, 0.1) is 12.3 Å². The smallest absolute Gasteiger partial charge is 0.0973 e. The Morgan fingerprint density at radius 2 is 2.29 bits per heavy atom. The molecule has 1 aromatic heterocycles. The third-order valence-electron chi connectivity index (χ3n) is 3.90. The molecule has 4 nitrogen and oxygen atoms in total. The number of hydrogen-bond donors (Lipinski definition) is 2. The summed E-state index contributed by atoms with van der Waals surface area (Å²) in [4.78, 5) is 4.52. The molecule has 0 aromatic carbocycles. The van der Waals surface area contributed by atoms with Crippen LogP contribution in [0.5, 0.6) is 0 Å². The van der Waals surface area contributed by atoms with Crippen molar-refractivity contribution in [1.29, 1.82) is 0 Å². The molecule has 3 rings (SSSR count). The van der Waals surface area contributed by atoms with Crippen LogP contribution in [0.4, 0.5) is 0 Å². The van der Waals surface area contributed by atoms with Gasteiger partial charge < -0.3 is 10.1 Å². The van der Waals surface area contributed by atoms with Crippen molar-refractivity contribution in [2.24, 2.45) is 0 Å². The van der Waals surface area contributed by atoms with Crippen LogP contribution in [0.1, 0.15) is 24.5 Å². The van der Waals surface area contributed by atoms with E-state index in [2.05, 4.69) is 27.8 Å². The molecule has 2 atom stereocenters. The van der Waals surface area contributed by atoms with Gasteiger partial charge in [-0.2, -0.15) is 0 Å². The molecule has 0 radical (unpaired) electrons. The van der Waals surface area contributed by atoms with Gasteiger partial charge >= 0.3 is 0 Å². The molecule has 1 spiro atoms. The summed E-state index contributed by atoms with van der Waals surface area (Å²) < 4.78 is 6.06. The molecule has 2 N–H and O–H groups in total. The number of piperidine rings is 1. The van der Waals surface area contributed by atoms with Crippen LogP contribution in [0.2, 0.25) is 0 Å². The van der Waals surface area contributed by atoms with Crippen LogP contribution < -0.4 is 10.6 Å². The largest absolute Gasteiger partial charge is 0.358 e.